The van der Waals surface area contributed by atoms with Gasteiger partial charge in [-0.05, 0) is 37.2 Å². The number of aliphatic hydroxyl groups excluding tert-OH is 1. The highest BCUT2D eigenvalue weighted by molar-refractivity contribution is 7.91. The van der Waals surface area contributed by atoms with Crippen molar-refractivity contribution in [2.24, 2.45) is 10.3 Å². The van der Waals surface area contributed by atoms with Crippen LogP contribution < -0.4 is 0 Å². The van der Waals surface area contributed by atoms with Gasteiger partial charge in [0.05, 0.1) is 0 Å². The Kier molecular flexibility index (Phi) is 5.02. The zero-order chi connectivity index (χ0) is 16.3. The summed E-state index contributed by atoms with van der Waals surface area (Å²) in [5.74, 6) is 0.176. The summed E-state index contributed by atoms with van der Waals surface area (Å²) in [4.78, 5) is 0. The Labute approximate surface area is 137 Å². The Morgan fingerprint density at radius 2 is 1.91 bits per heavy atom. The zero-order valence-electron chi connectivity index (χ0n) is 13.1. The van der Waals surface area contributed by atoms with Crippen molar-refractivity contribution >= 4 is 15.9 Å². The molecule has 1 N–H and O–H groups in total. The van der Waals surface area contributed by atoms with E-state index in [0.29, 0.717) is 19.3 Å². The largest absolute Gasteiger partial charge is 0.475 e. The van der Waals surface area contributed by atoms with Gasteiger partial charge in [0.2, 0.25) is 5.90 Å². The van der Waals surface area contributed by atoms with Gasteiger partial charge in [-0.2, -0.15) is 0 Å². The molecule has 6 heteroatoms. The molecule has 3 rings (SSSR count). The van der Waals surface area contributed by atoms with Crippen LogP contribution in [0.3, 0.4) is 0 Å². The molecule has 0 aromatic heterocycles. The normalized spacial score (nSPS) is 27.4. The molecule has 2 unspecified atom stereocenters. The third-order valence-corrected chi connectivity index (χ3v) is 6.39. The van der Waals surface area contributed by atoms with Crippen molar-refractivity contribution in [1.29, 1.82) is 0 Å². The van der Waals surface area contributed by atoms with Crippen LogP contribution in [0.15, 0.2) is 34.7 Å². The minimum Gasteiger partial charge on any atom is -0.475 e. The van der Waals surface area contributed by atoms with Gasteiger partial charge in [-0.1, -0.05) is 36.8 Å². The number of rotatable bonds is 5. The van der Waals surface area contributed by atoms with Crippen molar-refractivity contribution in [3.63, 3.8) is 0 Å². The maximum absolute atomic E-state index is 12.3. The maximum Gasteiger partial charge on any atom is 0.262 e. The molecule has 1 aliphatic heterocycles. The number of sulfonamides is 1. The fourth-order valence-corrected chi connectivity index (χ4v) is 5.00. The highest BCUT2D eigenvalue weighted by Gasteiger charge is 2.41. The second-order valence-corrected chi connectivity index (χ2v) is 8.24. The van der Waals surface area contributed by atoms with Gasteiger partial charge in [-0.15, -0.1) is 4.40 Å². The lowest BCUT2D eigenvalue weighted by Gasteiger charge is -2.34. The second kappa shape index (κ2) is 7.01. The van der Waals surface area contributed by atoms with E-state index in [4.69, 9.17) is 4.74 Å². The monoisotopic (exact) mass is 337 g/mol. The lowest BCUT2D eigenvalue weighted by molar-refractivity contribution is 0.130. The zero-order valence-corrected chi connectivity index (χ0v) is 13.9. The molecule has 2 aliphatic rings. The topological polar surface area (TPSA) is 76.0 Å². The van der Waals surface area contributed by atoms with E-state index in [0.717, 1.165) is 24.8 Å². The number of hydrogen-bond acceptors (Lipinski definition) is 4. The quantitative estimate of drug-likeness (QED) is 0.894. The van der Waals surface area contributed by atoms with Gasteiger partial charge in [-0.25, -0.2) is 8.42 Å². The van der Waals surface area contributed by atoms with Gasteiger partial charge in [0.25, 0.3) is 10.0 Å². The summed E-state index contributed by atoms with van der Waals surface area (Å²) in [6, 6.07) is 9.85. The molecule has 0 spiro atoms. The van der Waals surface area contributed by atoms with E-state index in [1.807, 2.05) is 30.3 Å². The van der Waals surface area contributed by atoms with Crippen LogP contribution >= 0.6 is 0 Å². The smallest absolute Gasteiger partial charge is 0.262 e. The van der Waals surface area contributed by atoms with E-state index >= 15 is 0 Å². The lowest BCUT2D eigenvalue weighted by Crippen LogP contribution is -2.43. The predicted molar refractivity (Wildman–Crippen MR) is 88.8 cm³/mol. The fraction of sp³-hybridized carbons (Fsp3) is 0.588. The van der Waals surface area contributed by atoms with E-state index in [1.165, 1.54) is 0 Å². The van der Waals surface area contributed by atoms with Crippen LogP contribution in [-0.4, -0.2) is 37.4 Å². The van der Waals surface area contributed by atoms with Gasteiger partial charge in [0.1, 0.15) is 11.4 Å². The third kappa shape index (κ3) is 3.93. The van der Waals surface area contributed by atoms with E-state index in [1.54, 1.807) is 0 Å². The summed E-state index contributed by atoms with van der Waals surface area (Å²) >= 11 is 0. The molecule has 1 heterocycles. The Balaban J connectivity index is 1.72. The van der Waals surface area contributed by atoms with Crippen LogP contribution in [-0.2, 0) is 21.2 Å². The van der Waals surface area contributed by atoms with Crippen LogP contribution in [0.2, 0.25) is 0 Å². The van der Waals surface area contributed by atoms with Crippen LogP contribution in [0.4, 0.5) is 0 Å². The van der Waals surface area contributed by atoms with Crippen LogP contribution in [0.25, 0.3) is 0 Å². The van der Waals surface area contributed by atoms with Crippen molar-refractivity contribution in [3.8, 4) is 0 Å². The van der Waals surface area contributed by atoms with Crippen molar-refractivity contribution in [2.45, 2.75) is 49.9 Å². The number of benzene rings is 1. The minimum absolute atomic E-state index is 0.0224. The van der Waals surface area contributed by atoms with Gasteiger partial charge < -0.3 is 9.84 Å². The Morgan fingerprint density at radius 3 is 2.65 bits per heavy atom. The number of hydrogen-bond donors (Lipinski definition) is 1. The van der Waals surface area contributed by atoms with Crippen molar-refractivity contribution in [1.82, 2.24) is 0 Å². The van der Waals surface area contributed by atoms with E-state index in [9.17, 15) is 13.5 Å². The van der Waals surface area contributed by atoms with Crippen molar-refractivity contribution < 1.29 is 18.3 Å². The first-order valence-electron chi connectivity index (χ1n) is 8.22. The molecular formula is C17H23NO4S. The first-order chi connectivity index (χ1) is 11.1. The van der Waals surface area contributed by atoms with Crippen LogP contribution in [0, 0.1) is 5.92 Å². The van der Waals surface area contributed by atoms with Crippen LogP contribution in [0.1, 0.15) is 37.7 Å². The molecular weight excluding hydrogens is 314 g/mol. The first kappa shape index (κ1) is 16.5. The fourth-order valence-electron chi connectivity index (χ4n) is 3.43. The number of nitrogens with zero attached hydrogens (tertiary/aromatic N) is 1. The minimum atomic E-state index is -3.48. The molecule has 0 amide bonds. The second-order valence-electron chi connectivity index (χ2n) is 6.42. The molecule has 1 saturated carbocycles. The number of fused-ring (bicyclic) bond motifs is 1. The molecule has 1 aliphatic carbocycles. The van der Waals surface area contributed by atoms with Gasteiger partial charge in [-0.3, -0.25) is 0 Å². The highest BCUT2D eigenvalue weighted by Crippen LogP contribution is 2.32. The van der Waals surface area contributed by atoms with E-state index < -0.39 is 15.3 Å². The number of ether oxygens (including phenoxy) is 1. The van der Waals surface area contributed by atoms with Gasteiger partial charge >= 0.3 is 0 Å². The average Bonchev–Trinajstić information content (AvgIpc) is 2.54. The highest BCUT2D eigenvalue weighted by atomic mass is 32.2. The summed E-state index contributed by atoms with van der Waals surface area (Å²) in [5, 5.41) is 9.14. The average molecular weight is 337 g/mol. The molecule has 23 heavy (non-hydrogen) atoms. The molecule has 5 nitrogen and oxygen atoms in total. The standard InChI is InChI=1S/C17H23NO4S/c19-12-14(10-13-6-2-1-3-7-13)11-17-18-23(20,21)16-9-5-4-8-15(16)22-17/h1-3,6-7,14-16,19H,4-5,8-12H2/t14-,15?,16?/m1/s1. The SMILES string of the molecule is O=S1(=O)N=C(C[C@H](CO)Cc2ccccc2)OC2CCCCC21. The Morgan fingerprint density at radius 1 is 1.17 bits per heavy atom. The molecule has 1 aromatic rings. The summed E-state index contributed by atoms with van der Waals surface area (Å²) in [6.07, 6.45) is 4.08. The molecule has 0 saturated heterocycles. The van der Waals surface area contributed by atoms with Crippen molar-refractivity contribution in [2.75, 3.05) is 6.61 Å². The van der Waals surface area contributed by atoms with E-state index in [-0.39, 0.29) is 24.5 Å². The van der Waals surface area contributed by atoms with Crippen LogP contribution in [0.5, 0.6) is 0 Å². The Hall–Kier alpha value is -1.40. The van der Waals surface area contributed by atoms with Gasteiger partial charge in [0, 0.05) is 13.0 Å². The predicted octanol–water partition coefficient (Wildman–Crippen LogP) is 2.30. The lowest BCUT2D eigenvalue weighted by atomic mass is 9.95. The molecule has 0 bridgehead atoms. The summed E-state index contributed by atoms with van der Waals surface area (Å²) in [6.45, 7) is -0.0224. The molecule has 0 radical (unpaired) electrons. The first-order valence-corrected chi connectivity index (χ1v) is 9.73. The van der Waals surface area contributed by atoms with Gasteiger partial charge in [0.15, 0.2) is 0 Å². The molecule has 126 valence electrons. The molecule has 3 atom stereocenters. The maximum atomic E-state index is 12.3. The molecule has 1 fully saturated rings. The third-order valence-electron chi connectivity index (χ3n) is 4.63. The summed E-state index contributed by atoms with van der Waals surface area (Å²) < 4.78 is 34.4. The molecule has 1 aromatic carbocycles. The van der Waals surface area contributed by atoms with Crippen molar-refractivity contribution in [3.05, 3.63) is 35.9 Å². The Bertz CT molecular complexity index is 656. The van der Waals surface area contributed by atoms with E-state index in [2.05, 4.69) is 4.40 Å². The summed E-state index contributed by atoms with van der Waals surface area (Å²) in [5.41, 5.74) is 1.11. The summed E-state index contributed by atoms with van der Waals surface area (Å²) in [7, 11) is -3.48. The number of aliphatic hydroxyl groups is 1.